The van der Waals surface area contributed by atoms with Crippen molar-refractivity contribution >= 4 is 11.7 Å². The van der Waals surface area contributed by atoms with Crippen molar-refractivity contribution in [2.45, 2.75) is 12.5 Å². The third-order valence-corrected chi connectivity index (χ3v) is 2.18. The predicted molar refractivity (Wildman–Crippen MR) is 57.0 cm³/mol. The van der Waals surface area contributed by atoms with Gasteiger partial charge in [0, 0.05) is 18.1 Å². The number of carboxylic acid groups (broad SMARTS) is 1. The topological polar surface area (TPSA) is 110 Å². The van der Waals surface area contributed by atoms with Crippen LogP contribution in [0.15, 0.2) is 18.2 Å². The summed E-state index contributed by atoms with van der Waals surface area (Å²) in [5, 5.41) is 28.4. The first kappa shape index (κ1) is 12.9. The highest BCUT2D eigenvalue weighted by molar-refractivity contribution is 5.72. The molecule has 0 amide bonds. The zero-order chi connectivity index (χ0) is 13.0. The Morgan fingerprint density at radius 1 is 1.59 bits per heavy atom. The number of benzene rings is 1. The van der Waals surface area contributed by atoms with E-state index in [1.54, 1.807) is 0 Å². The van der Waals surface area contributed by atoms with E-state index in [0.717, 1.165) is 0 Å². The Labute approximate surface area is 96.4 Å². The summed E-state index contributed by atoms with van der Waals surface area (Å²) in [5.41, 5.74) is -0.129. The average Bonchev–Trinajstić information content (AvgIpc) is 2.28. The van der Waals surface area contributed by atoms with Crippen molar-refractivity contribution in [3.05, 3.63) is 33.9 Å². The fourth-order valence-corrected chi connectivity index (χ4v) is 1.33. The number of carbonyl (C=O) groups is 1. The number of rotatable bonds is 5. The molecule has 1 atom stereocenters. The Kier molecular flexibility index (Phi) is 4.00. The molecule has 17 heavy (non-hydrogen) atoms. The van der Waals surface area contributed by atoms with Gasteiger partial charge in [-0.15, -0.1) is 0 Å². The summed E-state index contributed by atoms with van der Waals surface area (Å²) in [6.07, 6.45) is -2.02. The van der Waals surface area contributed by atoms with Crippen molar-refractivity contribution in [2.75, 3.05) is 7.11 Å². The molecule has 0 heterocycles. The number of methoxy groups -OCH3 is 1. The molecule has 0 aliphatic heterocycles. The summed E-state index contributed by atoms with van der Waals surface area (Å²) in [6.45, 7) is 0. The van der Waals surface area contributed by atoms with E-state index in [1.165, 1.54) is 25.3 Å². The van der Waals surface area contributed by atoms with Gasteiger partial charge in [-0.25, -0.2) is 4.79 Å². The molecule has 7 heteroatoms. The van der Waals surface area contributed by atoms with Crippen molar-refractivity contribution in [1.29, 1.82) is 0 Å². The third-order valence-electron chi connectivity index (χ3n) is 2.18. The molecule has 1 aromatic carbocycles. The minimum Gasteiger partial charge on any atom is -0.497 e. The molecule has 0 bridgehead atoms. The van der Waals surface area contributed by atoms with Crippen LogP contribution in [0.4, 0.5) is 5.69 Å². The molecule has 0 aromatic heterocycles. The van der Waals surface area contributed by atoms with Crippen LogP contribution < -0.4 is 4.74 Å². The maximum Gasteiger partial charge on any atom is 0.332 e. The van der Waals surface area contributed by atoms with Crippen molar-refractivity contribution in [3.63, 3.8) is 0 Å². The van der Waals surface area contributed by atoms with Gasteiger partial charge in [0.2, 0.25) is 0 Å². The second-order valence-electron chi connectivity index (χ2n) is 3.31. The Morgan fingerprint density at radius 2 is 2.24 bits per heavy atom. The van der Waals surface area contributed by atoms with E-state index < -0.39 is 17.0 Å². The van der Waals surface area contributed by atoms with Gasteiger partial charge in [-0.1, -0.05) is 0 Å². The molecule has 1 rings (SSSR count). The first-order valence-corrected chi connectivity index (χ1v) is 4.68. The molecule has 0 saturated carbocycles. The van der Waals surface area contributed by atoms with Crippen LogP contribution in [-0.2, 0) is 11.2 Å². The molecule has 1 aromatic rings. The maximum atomic E-state index is 10.7. The lowest BCUT2D eigenvalue weighted by molar-refractivity contribution is -0.385. The molecule has 1 unspecified atom stereocenters. The zero-order valence-corrected chi connectivity index (χ0v) is 8.99. The van der Waals surface area contributed by atoms with Gasteiger partial charge in [-0.3, -0.25) is 10.1 Å². The van der Waals surface area contributed by atoms with Gasteiger partial charge in [0.15, 0.2) is 6.10 Å². The zero-order valence-electron chi connectivity index (χ0n) is 8.99. The van der Waals surface area contributed by atoms with Crippen molar-refractivity contribution in [1.82, 2.24) is 0 Å². The fourth-order valence-electron chi connectivity index (χ4n) is 1.33. The van der Waals surface area contributed by atoms with E-state index in [-0.39, 0.29) is 17.7 Å². The Balaban J connectivity index is 3.09. The van der Waals surface area contributed by atoms with Crippen LogP contribution in [0.25, 0.3) is 0 Å². The third kappa shape index (κ3) is 3.15. The first-order valence-electron chi connectivity index (χ1n) is 4.68. The van der Waals surface area contributed by atoms with E-state index in [4.69, 9.17) is 9.84 Å². The van der Waals surface area contributed by atoms with Crippen LogP contribution in [0.5, 0.6) is 5.75 Å². The molecule has 7 nitrogen and oxygen atoms in total. The number of aliphatic carboxylic acids is 1. The number of aliphatic hydroxyl groups is 1. The van der Waals surface area contributed by atoms with E-state index in [0.29, 0.717) is 5.75 Å². The normalized spacial score (nSPS) is 11.9. The van der Waals surface area contributed by atoms with Crippen LogP contribution in [0, 0.1) is 10.1 Å². The fraction of sp³-hybridized carbons (Fsp3) is 0.300. The number of ether oxygens (including phenoxy) is 1. The molecular formula is C10H11NO6. The first-order chi connectivity index (χ1) is 7.95. The van der Waals surface area contributed by atoms with Crippen LogP contribution in [0.3, 0.4) is 0 Å². The van der Waals surface area contributed by atoms with E-state index in [9.17, 15) is 20.0 Å². The second kappa shape index (κ2) is 5.26. The maximum absolute atomic E-state index is 10.7. The summed E-state index contributed by atoms with van der Waals surface area (Å²) in [5.74, 6) is -1.06. The molecule has 2 N–H and O–H groups in total. The summed E-state index contributed by atoms with van der Waals surface area (Å²) in [6, 6.07) is 3.95. The van der Waals surface area contributed by atoms with Crippen LogP contribution in [0.2, 0.25) is 0 Å². The highest BCUT2D eigenvalue weighted by Gasteiger charge is 2.21. The number of carboxylic acids is 1. The number of nitro groups is 1. The standard InChI is InChI=1S/C10H11NO6/c1-17-7-2-3-8(11(15)16)6(4-7)5-9(12)10(13)14/h2-4,9,12H,5H2,1H3,(H,13,14). The van der Waals surface area contributed by atoms with Gasteiger partial charge in [-0.05, 0) is 12.1 Å². The van der Waals surface area contributed by atoms with E-state index in [1.807, 2.05) is 0 Å². The number of aliphatic hydroxyl groups excluding tert-OH is 1. The Bertz CT molecular complexity index is 444. The molecule has 0 saturated heterocycles. The average molecular weight is 241 g/mol. The van der Waals surface area contributed by atoms with E-state index in [2.05, 4.69) is 0 Å². The lowest BCUT2D eigenvalue weighted by Crippen LogP contribution is -2.22. The van der Waals surface area contributed by atoms with Crippen LogP contribution in [-0.4, -0.2) is 34.3 Å². The molecule has 0 spiro atoms. The minimum atomic E-state index is -1.68. The smallest absolute Gasteiger partial charge is 0.332 e. The molecule has 0 fully saturated rings. The Morgan fingerprint density at radius 3 is 2.71 bits per heavy atom. The quantitative estimate of drug-likeness (QED) is 0.576. The lowest BCUT2D eigenvalue weighted by atomic mass is 10.1. The lowest BCUT2D eigenvalue weighted by Gasteiger charge is -2.08. The van der Waals surface area contributed by atoms with Gasteiger partial charge < -0.3 is 14.9 Å². The minimum absolute atomic E-state index is 0.115. The highest BCUT2D eigenvalue weighted by Crippen LogP contribution is 2.25. The number of nitrogens with zero attached hydrogens (tertiary/aromatic N) is 1. The summed E-state index contributed by atoms with van der Waals surface area (Å²) < 4.78 is 4.88. The van der Waals surface area contributed by atoms with E-state index >= 15 is 0 Å². The number of hydrogen-bond acceptors (Lipinski definition) is 5. The molecule has 92 valence electrons. The highest BCUT2D eigenvalue weighted by atomic mass is 16.6. The monoisotopic (exact) mass is 241 g/mol. The van der Waals surface area contributed by atoms with Crippen molar-refractivity contribution < 1.29 is 24.7 Å². The van der Waals surface area contributed by atoms with Gasteiger partial charge in [0.05, 0.1) is 12.0 Å². The molecule has 0 aliphatic carbocycles. The van der Waals surface area contributed by atoms with Gasteiger partial charge >= 0.3 is 5.97 Å². The summed E-state index contributed by atoms with van der Waals surface area (Å²) >= 11 is 0. The molecule has 0 radical (unpaired) electrons. The second-order valence-corrected chi connectivity index (χ2v) is 3.31. The molecular weight excluding hydrogens is 230 g/mol. The van der Waals surface area contributed by atoms with Gasteiger partial charge in [-0.2, -0.15) is 0 Å². The van der Waals surface area contributed by atoms with Gasteiger partial charge in [0.1, 0.15) is 5.75 Å². The van der Waals surface area contributed by atoms with Gasteiger partial charge in [0.25, 0.3) is 5.69 Å². The molecule has 0 aliphatic rings. The van der Waals surface area contributed by atoms with Crippen LogP contribution >= 0.6 is 0 Å². The van der Waals surface area contributed by atoms with Crippen molar-refractivity contribution in [3.8, 4) is 5.75 Å². The summed E-state index contributed by atoms with van der Waals surface area (Å²) in [7, 11) is 1.39. The van der Waals surface area contributed by atoms with Crippen LogP contribution in [0.1, 0.15) is 5.56 Å². The number of nitro benzene ring substituents is 1. The predicted octanol–water partition coefficient (Wildman–Crippen LogP) is 0.591. The number of hydrogen-bond donors (Lipinski definition) is 2. The summed E-state index contributed by atoms with van der Waals surface area (Å²) in [4.78, 5) is 20.6. The Hall–Kier alpha value is -2.15. The largest absolute Gasteiger partial charge is 0.497 e. The van der Waals surface area contributed by atoms with Crippen molar-refractivity contribution in [2.24, 2.45) is 0 Å². The SMILES string of the molecule is COc1ccc([N+](=O)[O-])c(CC(O)C(=O)O)c1.